The second-order valence-corrected chi connectivity index (χ2v) is 7.83. The van der Waals surface area contributed by atoms with Crippen LogP contribution in [-0.4, -0.2) is 56.8 Å². The number of piperazine rings is 1. The summed E-state index contributed by atoms with van der Waals surface area (Å²) in [5.74, 6) is 1.60. The number of hydrogen-bond acceptors (Lipinski definition) is 5. The predicted octanol–water partition coefficient (Wildman–Crippen LogP) is 3.15. The van der Waals surface area contributed by atoms with E-state index >= 15 is 0 Å². The summed E-state index contributed by atoms with van der Waals surface area (Å²) in [4.78, 5) is 9.22. The van der Waals surface area contributed by atoms with Crippen LogP contribution >= 0.6 is 0 Å². The number of anilines is 2. The van der Waals surface area contributed by atoms with Crippen molar-refractivity contribution in [3.8, 4) is 5.75 Å². The molecule has 7 heteroatoms. The van der Waals surface area contributed by atoms with Gasteiger partial charge in [-0.15, -0.1) is 0 Å². The van der Waals surface area contributed by atoms with E-state index in [1.54, 1.807) is 7.11 Å². The van der Waals surface area contributed by atoms with Crippen molar-refractivity contribution in [3.63, 3.8) is 0 Å². The topological polar surface area (TPSA) is 37.0 Å². The molecule has 0 radical (unpaired) electrons. The molecular weight excluding hydrogens is 340 g/mol. The summed E-state index contributed by atoms with van der Waals surface area (Å²) < 4.78 is 31.5. The van der Waals surface area contributed by atoms with Gasteiger partial charge in [0, 0.05) is 44.2 Å². The zero-order chi connectivity index (χ0) is 18.3. The standard InChI is InChI=1S/C19H27F2N3O2/c1-19(14-3-4-14)11-13-9-15(22-25-2)16(10-17(13)26-19)24-7-5-23(6-8-24)12-18(20)21/h9-10,14,18,22H,3-8,11-12H2,1-2H3. The van der Waals surface area contributed by atoms with Gasteiger partial charge in [0.2, 0.25) is 0 Å². The Morgan fingerprint density at radius 1 is 1.27 bits per heavy atom. The fourth-order valence-corrected chi connectivity index (χ4v) is 4.25. The highest BCUT2D eigenvalue weighted by molar-refractivity contribution is 5.74. The third kappa shape index (κ3) is 3.47. The number of nitrogens with one attached hydrogen (secondary N) is 1. The average molecular weight is 367 g/mol. The van der Waals surface area contributed by atoms with Gasteiger partial charge >= 0.3 is 0 Å². The Kier molecular flexibility index (Phi) is 4.69. The number of alkyl halides is 2. The van der Waals surface area contributed by atoms with Crippen molar-refractivity contribution in [2.24, 2.45) is 5.92 Å². The molecule has 3 aliphatic rings. The van der Waals surface area contributed by atoms with Gasteiger partial charge in [-0.3, -0.25) is 15.2 Å². The molecule has 0 aromatic heterocycles. The maximum Gasteiger partial charge on any atom is 0.251 e. The summed E-state index contributed by atoms with van der Waals surface area (Å²) in [7, 11) is 1.60. The van der Waals surface area contributed by atoms with Gasteiger partial charge in [0.15, 0.2) is 0 Å². The molecule has 1 saturated heterocycles. The van der Waals surface area contributed by atoms with Gasteiger partial charge in [0.05, 0.1) is 25.0 Å². The molecule has 1 saturated carbocycles. The van der Waals surface area contributed by atoms with Crippen LogP contribution in [0.2, 0.25) is 0 Å². The molecule has 0 spiro atoms. The lowest BCUT2D eigenvalue weighted by molar-refractivity contribution is 0.0854. The van der Waals surface area contributed by atoms with E-state index in [4.69, 9.17) is 9.57 Å². The fraction of sp³-hybridized carbons (Fsp3) is 0.684. The van der Waals surface area contributed by atoms with Crippen LogP contribution in [0.25, 0.3) is 0 Å². The zero-order valence-corrected chi connectivity index (χ0v) is 15.4. The van der Waals surface area contributed by atoms with Crippen molar-refractivity contribution in [1.82, 2.24) is 4.90 Å². The first-order valence-electron chi connectivity index (χ1n) is 9.39. The van der Waals surface area contributed by atoms with Crippen molar-refractivity contribution in [1.29, 1.82) is 0 Å². The van der Waals surface area contributed by atoms with E-state index in [2.05, 4.69) is 29.4 Å². The van der Waals surface area contributed by atoms with Crippen LogP contribution in [0, 0.1) is 5.92 Å². The molecule has 26 heavy (non-hydrogen) atoms. The number of rotatable bonds is 6. The quantitative estimate of drug-likeness (QED) is 0.782. The molecule has 0 bridgehead atoms. The highest BCUT2D eigenvalue weighted by Crippen LogP contribution is 2.50. The van der Waals surface area contributed by atoms with Crippen LogP contribution in [-0.2, 0) is 11.3 Å². The number of benzene rings is 1. The number of fused-ring (bicyclic) bond motifs is 1. The summed E-state index contributed by atoms with van der Waals surface area (Å²) in [6.45, 7) is 4.75. The van der Waals surface area contributed by atoms with E-state index in [0.717, 1.165) is 23.5 Å². The third-order valence-electron chi connectivity index (χ3n) is 5.83. The maximum atomic E-state index is 12.6. The second-order valence-electron chi connectivity index (χ2n) is 7.83. The van der Waals surface area contributed by atoms with E-state index in [-0.39, 0.29) is 12.1 Å². The van der Waals surface area contributed by atoms with E-state index in [1.165, 1.54) is 18.4 Å². The van der Waals surface area contributed by atoms with Gasteiger partial charge in [-0.05, 0) is 31.7 Å². The Labute approximate surface area is 153 Å². The van der Waals surface area contributed by atoms with Gasteiger partial charge < -0.3 is 9.64 Å². The minimum Gasteiger partial charge on any atom is -0.487 e. The maximum absolute atomic E-state index is 12.6. The highest BCUT2D eigenvalue weighted by Gasteiger charge is 2.47. The molecule has 1 aromatic carbocycles. The first-order chi connectivity index (χ1) is 12.5. The van der Waals surface area contributed by atoms with E-state index in [9.17, 15) is 8.78 Å². The molecule has 4 rings (SSSR count). The molecule has 1 aliphatic carbocycles. The minimum atomic E-state index is -2.28. The van der Waals surface area contributed by atoms with Crippen LogP contribution in [0.1, 0.15) is 25.3 Å². The van der Waals surface area contributed by atoms with Crippen molar-refractivity contribution >= 4 is 11.4 Å². The molecule has 5 nitrogen and oxygen atoms in total. The molecule has 1 unspecified atom stereocenters. The summed E-state index contributed by atoms with van der Waals surface area (Å²) in [6.07, 6.45) is 1.13. The normalized spacial score (nSPS) is 26.1. The first-order valence-corrected chi connectivity index (χ1v) is 9.39. The zero-order valence-electron chi connectivity index (χ0n) is 15.4. The van der Waals surface area contributed by atoms with Crippen LogP contribution in [0.15, 0.2) is 12.1 Å². The molecule has 1 N–H and O–H groups in total. The lowest BCUT2D eigenvalue weighted by atomic mass is 9.94. The number of nitrogens with zero attached hydrogens (tertiary/aromatic N) is 2. The summed E-state index contributed by atoms with van der Waals surface area (Å²) in [6, 6.07) is 4.21. The Morgan fingerprint density at radius 3 is 2.62 bits per heavy atom. The molecule has 144 valence electrons. The van der Waals surface area contributed by atoms with Gasteiger partial charge in [-0.25, -0.2) is 8.78 Å². The average Bonchev–Trinajstić information content (AvgIpc) is 3.39. The summed E-state index contributed by atoms with van der Waals surface area (Å²) in [5, 5.41) is 0. The molecule has 2 aliphatic heterocycles. The van der Waals surface area contributed by atoms with Crippen molar-refractivity contribution < 1.29 is 18.4 Å². The van der Waals surface area contributed by atoms with Crippen molar-refractivity contribution in [2.75, 3.05) is 50.2 Å². The first kappa shape index (κ1) is 17.8. The molecular formula is C19H27F2N3O2. The van der Waals surface area contributed by atoms with E-state index in [0.29, 0.717) is 32.1 Å². The van der Waals surface area contributed by atoms with E-state index in [1.807, 2.05) is 4.90 Å². The van der Waals surface area contributed by atoms with Gasteiger partial charge in [-0.2, -0.15) is 0 Å². The minimum absolute atomic E-state index is 0.0960. The third-order valence-corrected chi connectivity index (χ3v) is 5.83. The summed E-state index contributed by atoms with van der Waals surface area (Å²) >= 11 is 0. The van der Waals surface area contributed by atoms with E-state index < -0.39 is 6.43 Å². The SMILES string of the molecule is CONc1cc2c(cc1N1CCN(CC(F)F)CC1)OC(C)(C1CC1)C2. The van der Waals surface area contributed by atoms with Crippen molar-refractivity contribution in [3.05, 3.63) is 17.7 Å². The molecule has 2 fully saturated rings. The van der Waals surface area contributed by atoms with Crippen LogP contribution in [0.3, 0.4) is 0 Å². The fourth-order valence-electron chi connectivity index (χ4n) is 4.25. The Balaban J connectivity index is 1.53. The Morgan fingerprint density at radius 2 is 2.00 bits per heavy atom. The lowest BCUT2D eigenvalue weighted by Gasteiger charge is -2.36. The second kappa shape index (κ2) is 6.85. The predicted molar refractivity (Wildman–Crippen MR) is 97.2 cm³/mol. The Hall–Kier alpha value is -1.60. The van der Waals surface area contributed by atoms with Gasteiger partial charge in [0.25, 0.3) is 6.43 Å². The van der Waals surface area contributed by atoms with Gasteiger partial charge in [-0.1, -0.05) is 0 Å². The van der Waals surface area contributed by atoms with Crippen LogP contribution in [0.4, 0.5) is 20.2 Å². The number of hydrogen-bond donors (Lipinski definition) is 1. The monoisotopic (exact) mass is 367 g/mol. The number of ether oxygens (including phenoxy) is 1. The molecule has 0 amide bonds. The Bertz CT molecular complexity index is 660. The summed E-state index contributed by atoms with van der Waals surface area (Å²) in [5.41, 5.74) is 6.03. The smallest absolute Gasteiger partial charge is 0.251 e. The molecule has 2 heterocycles. The van der Waals surface area contributed by atoms with Gasteiger partial charge in [0.1, 0.15) is 11.4 Å². The number of halogens is 2. The highest BCUT2D eigenvalue weighted by atomic mass is 19.3. The van der Waals surface area contributed by atoms with Crippen LogP contribution < -0.4 is 15.1 Å². The largest absolute Gasteiger partial charge is 0.487 e. The molecule has 1 aromatic rings. The molecule has 1 atom stereocenters. The van der Waals surface area contributed by atoms with Crippen molar-refractivity contribution in [2.45, 2.75) is 38.2 Å². The lowest BCUT2D eigenvalue weighted by Crippen LogP contribution is -2.48. The van der Waals surface area contributed by atoms with Crippen LogP contribution in [0.5, 0.6) is 5.75 Å².